The first-order valence-corrected chi connectivity index (χ1v) is 14.6. The molecule has 5 heterocycles. The second-order valence-corrected chi connectivity index (χ2v) is 11.7. The minimum Gasteiger partial charge on any atom is -0.489 e. The zero-order valence-corrected chi connectivity index (χ0v) is 23.8. The lowest BCUT2D eigenvalue weighted by Gasteiger charge is -2.37. The van der Waals surface area contributed by atoms with Gasteiger partial charge in [-0.05, 0) is 88.4 Å². The molecule has 0 aliphatic carbocycles. The van der Waals surface area contributed by atoms with Crippen molar-refractivity contribution in [2.24, 2.45) is 5.73 Å². The minimum absolute atomic E-state index is 0.00757. The zero-order chi connectivity index (χ0) is 27.8. The lowest BCUT2D eigenvalue weighted by molar-refractivity contribution is 0.100. The zero-order valence-electron chi connectivity index (χ0n) is 23.0. The molecule has 40 heavy (non-hydrogen) atoms. The van der Waals surface area contributed by atoms with E-state index in [2.05, 4.69) is 38.4 Å². The van der Waals surface area contributed by atoms with Gasteiger partial charge in [0.05, 0.1) is 35.3 Å². The first-order valence-electron chi connectivity index (χ1n) is 13.8. The Hall–Kier alpha value is -3.76. The van der Waals surface area contributed by atoms with Crippen LogP contribution >= 0.6 is 11.3 Å². The van der Waals surface area contributed by atoms with Crippen molar-refractivity contribution in [2.75, 3.05) is 25.5 Å². The number of anilines is 2. The third-order valence-corrected chi connectivity index (χ3v) is 8.90. The third kappa shape index (κ3) is 4.97. The molecule has 9 nitrogen and oxygen atoms in total. The summed E-state index contributed by atoms with van der Waals surface area (Å²) in [6, 6.07) is 10.7. The SMILES string of the molecule is COc1ncccc1-c1c(C(N)=O)sc2cnc(Nc3ccc([C@H]4CCCN5CCC[C@H]45)cc3OC(C)C)nc12. The molecule has 2 atom stereocenters. The largest absolute Gasteiger partial charge is 0.489 e. The number of rotatable bonds is 8. The lowest BCUT2D eigenvalue weighted by atomic mass is 9.83. The normalized spacial score (nSPS) is 19.1. The van der Waals surface area contributed by atoms with E-state index in [4.69, 9.17) is 20.2 Å². The van der Waals surface area contributed by atoms with E-state index in [1.54, 1.807) is 25.6 Å². The minimum atomic E-state index is -0.537. The van der Waals surface area contributed by atoms with Crippen molar-refractivity contribution in [3.05, 3.63) is 53.2 Å². The molecule has 6 rings (SSSR count). The first-order chi connectivity index (χ1) is 19.4. The Kier molecular flexibility index (Phi) is 7.29. The van der Waals surface area contributed by atoms with E-state index in [9.17, 15) is 4.79 Å². The highest BCUT2D eigenvalue weighted by atomic mass is 32.1. The number of hydrogen-bond donors (Lipinski definition) is 2. The number of aromatic nitrogens is 3. The Morgan fingerprint density at radius 2 is 2.00 bits per heavy atom. The molecule has 4 aromatic rings. The molecular weight excluding hydrogens is 524 g/mol. The number of ether oxygens (including phenoxy) is 2. The molecule has 0 radical (unpaired) electrons. The number of thiophene rings is 1. The number of pyridine rings is 1. The fraction of sp³-hybridized carbons (Fsp3) is 0.400. The number of hydrogen-bond acceptors (Lipinski definition) is 9. The topological polar surface area (TPSA) is 115 Å². The van der Waals surface area contributed by atoms with Gasteiger partial charge >= 0.3 is 0 Å². The fourth-order valence-electron chi connectivity index (χ4n) is 6.15. The Bertz CT molecular complexity index is 1550. The maximum absolute atomic E-state index is 12.4. The molecular formula is C30H34N6O3S. The average molecular weight is 559 g/mol. The summed E-state index contributed by atoms with van der Waals surface area (Å²) in [6.07, 6.45) is 8.33. The summed E-state index contributed by atoms with van der Waals surface area (Å²) in [5.74, 6) is 1.55. The molecule has 0 saturated carbocycles. The van der Waals surface area contributed by atoms with Crippen LogP contribution in [0.5, 0.6) is 11.6 Å². The fourth-order valence-corrected chi connectivity index (χ4v) is 7.12. The number of methoxy groups -OCH3 is 1. The molecule has 1 amide bonds. The van der Waals surface area contributed by atoms with Crippen LogP contribution in [0.25, 0.3) is 21.3 Å². The Morgan fingerprint density at radius 3 is 2.77 bits per heavy atom. The molecule has 2 aliphatic rings. The van der Waals surface area contributed by atoms with Crippen LogP contribution in [0.15, 0.2) is 42.7 Å². The maximum Gasteiger partial charge on any atom is 0.259 e. The van der Waals surface area contributed by atoms with E-state index in [1.165, 1.54) is 55.7 Å². The van der Waals surface area contributed by atoms with Gasteiger partial charge in [-0.25, -0.2) is 15.0 Å². The van der Waals surface area contributed by atoms with Gasteiger partial charge in [0.25, 0.3) is 5.91 Å². The summed E-state index contributed by atoms with van der Waals surface area (Å²) in [5, 5.41) is 3.38. The van der Waals surface area contributed by atoms with Crippen molar-refractivity contribution >= 4 is 39.1 Å². The van der Waals surface area contributed by atoms with E-state index in [-0.39, 0.29) is 6.10 Å². The van der Waals surface area contributed by atoms with Gasteiger partial charge in [-0.3, -0.25) is 9.69 Å². The monoisotopic (exact) mass is 558 g/mol. The van der Waals surface area contributed by atoms with Crippen LogP contribution in [0.3, 0.4) is 0 Å². The van der Waals surface area contributed by atoms with Crippen molar-refractivity contribution in [1.29, 1.82) is 0 Å². The van der Waals surface area contributed by atoms with E-state index < -0.39 is 5.91 Å². The molecule has 0 bridgehead atoms. The summed E-state index contributed by atoms with van der Waals surface area (Å²) in [6.45, 7) is 6.48. The molecule has 0 spiro atoms. The van der Waals surface area contributed by atoms with Crippen LogP contribution in [0.1, 0.15) is 60.7 Å². The van der Waals surface area contributed by atoms with Gasteiger partial charge < -0.3 is 20.5 Å². The first kappa shape index (κ1) is 26.5. The highest BCUT2D eigenvalue weighted by Gasteiger charge is 2.35. The van der Waals surface area contributed by atoms with Gasteiger partial charge in [-0.2, -0.15) is 0 Å². The van der Waals surface area contributed by atoms with Crippen LogP contribution in [-0.4, -0.2) is 58.1 Å². The van der Waals surface area contributed by atoms with E-state index in [0.29, 0.717) is 45.3 Å². The standard InChI is InChI=1S/C30H34N6O3S/c1-17(2)39-23-15-18(19-8-5-13-36-14-6-9-22(19)36)10-11-21(23)34-30-33-16-24-26(35-30)25(27(40-24)28(31)37)20-7-4-12-32-29(20)38-3/h4,7,10-12,15-17,19,22H,5-6,8-9,13-14H2,1-3H3,(H2,31,37)(H,33,34,35)/t19-,22-/m1/s1. The molecule has 2 fully saturated rings. The number of nitrogens with two attached hydrogens (primary N) is 1. The number of carbonyl (C=O) groups excluding carboxylic acids is 1. The quantitative estimate of drug-likeness (QED) is 0.282. The van der Waals surface area contributed by atoms with E-state index in [0.717, 1.165) is 16.1 Å². The summed E-state index contributed by atoms with van der Waals surface area (Å²) in [7, 11) is 1.55. The number of nitrogens with zero attached hydrogens (tertiary/aromatic N) is 4. The summed E-state index contributed by atoms with van der Waals surface area (Å²) in [4.78, 5) is 29.1. The number of nitrogens with one attached hydrogen (secondary N) is 1. The second kappa shape index (κ2) is 11.0. The van der Waals surface area contributed by atoms with Crippen molar-refractivity contribution < 1.29 is 14.3 Å². The van der Waals surface area contributed by atoms with Crippen LogP contribution < -0.4 is 20.5 Å². The Balaban J connectivity index is 1.38. The number of fused-ring (bicyclic) bond motifs is 2. The molecule has 3 N–H and O–H groups in total. The third-order valence-electron chi connectivity index (χ3n) is 7.77. The van der Waals surface area contributed by atoms with E-state index in [1.807, 2.05) is 19.9 Å². The van der Waals surface area contributed by atoms with Crippen LogP contribution in [0.2, 0.25) is 0 Å². The summed E-state index contributed by atoms with van der Waals surface area (Å²) in [5.41, 5.74) is 9.73. The van der Waals surface area contributed by atoms with Crippen LogP contribution in [-0.2, 0) is 0 Å². The number of piperidine rings is 1. The number of primary amides is 1. The molecule has 10 heteroatoms. The van der Waals surface area contributed by atoms with Gasteiger partial charge in [0.1, 0.15) is 10.6 Å². The molecule has 2 aliphatic heterocycles. The molecule has 1 aromatic carbocycles. The van der Waals surface area contributed by atoms with Crippen molar-refractivity contribution in [3.63, 3.8) is 0 Å². The molecule has 0 unspecified atom stereocenters. The predicted octanol–water partition coefficient (Wildman–Crippen LogP) is 5.73. The second-order valence-electron chi connectivity index (χ2n) is 10.7. The van der Waals surface area contributed by atoms with Gasteiger partial charge in [-0.15, -0.1) is 11.3 Å². The summed E-state index contributed by atoms with van der Waals surface area (Å²) >= 11 is 1.26. The van der Waals surface area contributed by atoms with Gasteiger partial charge in [0, 0.05) is 23.4 Å². The highest BCUT2D eigenvalue weighted by molar-refractivity contribution is 7.21. The number of amides is 1. The van der Waals surface area contributed by atoms with Gasteiger partial charge in [-0.1, -0.05) is 6.07 Å². The van der Waals surface area contributed by atoms with Gasteiger partial charge in [0.2, 0.25) is 11.8 Å². The maximum atomic E-state index is 12.4. The van der Waals surface area contributed by atoms with Crippen molar-refractivity contribution in [2.45, 2.75) is 57.6 Å². The molecule has 3 aromatic heterocycles. The molecule has 208 valence electrons. The van der Waals surface area contributed by atoms with Gasteiger partial charge in [0.15, 0.2) is 0 Å². The smallest absolute Gasteiger partial charge is 0.259 e. The van der Waals surface area contributed by atoms with Crippen LogP contribution in [0, 0.1) is 0 Å². The number of benzene rings is 1. The average Bonchev–Trinajstić information content (AvgIpc) is 3.58. The number of carbonyl (C=O) groups is 1. The van der Waals surface area contributed by atoms with E-state index >= 15 is 0 Å². The molecule has 2 saturated heterocycles. The Morgan fingerprint density at radius 1 is 1.18 bits per heavy atom. The highest BCUT2D eigenvalue weighted by Crippen LogP contribution is 2.43. The predicted molar refractivity (Wildman–Crippen MR) is 158 cm³/mol. The summed E-state index contributed by atoms with van der Waals surface area (Å²) < 4.78 is 12.5. The lowest BCUT2D eigenvalue weighted by Crippen LogP contribution is -2.39. The van der Waals surface area contributed by atoms with Crippen molar-refractivity contribution in [1.82, 2.24) is 19.9 Å². The Labute approximate surface area is 237 Å². The van der Waals surface area contributed by atoms with Crippen molar-refractivity contribution in [3.8, 4) is 22.8 Å². The van der Waals surface area contributed by atoms with Crippen LogP contribution in [0.4, 0.5) is 11.6 Å².